The van der Waals surface area contributed by atoms with E-state index in [9.17, 15) is 9.59 Å². The van der Waals surface area contributed by atoms with Crippen LogP contribution < -0.4 is 14.8 Å². The Labute approximate surface area is 169 Å². The molecule has 0 atom stereocenters. The van der Waals surface area contributed by atoms with E-state index >= 15 is 0 Å². The zero-order chi connectivity index (χ0) is 20.6. The van der Waals surface area contributed by atoms with Crippen LogP contribution in [0.2, 0.25) is 0 Å². The van der Waals surface area contributed by atoms with Gasteiger partial charge in [-0.1, -0.05) is 12.1 Å². The normalized spacial score (nSPS) is 13.7. The van der Waals surface area contributed by atoms with Crippen molar-refractivity contribution in [2.24, 2.45) is 0 Å². The Hall–Kier alpha value is -3.13. The Bertz CT molecular complexity index is 865. The number of nitrogens with zero attached hydrogens (tertiary/aromatic N) is 2. The van der Waals surface area contributed by atoms with E-state index in [4.69, 9.17) is 14.2 Å². The predicted molar refractivity (Wildman–Crippen MR) is 107 cm³/mol. The number of rotatable bonds is 7. The molecule has 2 heterocycles. The summed E-state index contributed by atoms with van der Waals surface area (Å²) in [5.41, 5.74) is 1.49. The van der Waals surface area contributed by atoms with Crippen LogP contribution in [0.1, 0.15) is 26.5 Å². The maximum atomic E-state index is 12.5. The molecule has 0 spiro atoms. The Morgan fingerprint density at radius 2 is 1.79 bits per heavy atom. The van der Waals surface area contributed by atoms with E-state index in [-0.39, 0.29) is 23.2 Å². The second kappa shape index (κ2) is 9.88. The summed E-state index contributed by atoms with van der Waals surface area (Å²) in [7, 11) is 3.17. The largest absolute Gasteiger partial charge is 0.493 e. The van der Waals surface area contributed by atoms with Gasteiger partial charge in [0.05, 0.1) is 27.4 Å². The highest BCUT2D eigenvalue weighted by Crippen LogP contribution is 2.27. The fraction of sp³-hybridized carbons (Fsp3) is 0.381. The summed E-state index contributed by atoms with van der Waals surface area (Å²) >= 11 is 0. The van der Waals surface area contributed by atoms with E-state index in [1.54, 1.807) is 37.3 Å². The number of hydrogen-bond donors (Lipinski definition) is 1. The van der Waals surface area contributed by atoms with Gasteiger partial charge in [-0.05, 0) is 36.2 Å². The Kier molecular flexibility index (Phi) is 7.02. The Morgan fingerprint density at radius 1 is 1.07 bits per heavy atom. The molecular formula is C21H25N3O5. The molecule has 0 bridgehead atoms. The SMILES string of the molecule is COc1ccc(CCNC(=O)c2cccc(C(=O)N3CCOCC3)n2)cc1OC. The lowest BCUT2D eigenvalue weighted by molar-refractivity contribution is 0.0299. The lowest BCUT2D eigenvalue weighted by Crippen LogP contribution is -2.41. The van der Waals surface area contributed by atoms with Crippen LogP contribution in [0.25, 0.3) is 0 Å². The number of aromatic nitrogens is 1. The number of carbonyl (C=O) groups is 2. The van der Waals surface area contributed by atoms with E-state index in [1.807, 2.05) is 18.2 Å². The molecule has 0 saturated carbocycles. The Morgan fingerprint density at radius 3 is 2.52 bits per heavy atom. The minimum Gasteiger partial charge on any atom is -0.493 e. The van der Waals surface area contributed by atoms with Gasteiger partial charge in [0.2, 0.25) is 0 Å². The van der Waals surface area contributed by atoms with Crippen molar-refractivity contribution in [1.29, 1.82) is 0 Å². The average Bonchev–Trinajstić information content (AvgIpc) is 2.79. The molecule has 1 aromatic carbocycles. The van der Waals surface area contributed by atoms with E-state index in [0.29, 0.717) is 50.8 Å². The predicted octanol–water partition coefficient (Wildman–Crippen LogP) is 1.54. The van der Waals surface area contributed by atoms with E-state index in [0.717, 1.165) is 5.56 Å². The molecule has 3 rings (SSSR count). The third kappa shape index (κ3) is 5.23. The monoisotopic (exact) mass is 399 g/mol. The van der Waals surface area contributed by atoms with Gasteiger partial charge in [0, 0.05) is 19.6 Å². The highest BCUT2D eigenvalue weighted by molar-refractivity contribution is 5.96. The molecule has 1 saturated heterocycles. The molecule has 2 amide bonds. The molecule has 1 fully saturated rings. The number of nitrogens with one attached hydrogen (secondary N) is 1. The minimum atomic E-state index is -0.317. The van der Waals surface area contributed by atoms with Gasteiger partial charge in [0.25, 0.3) is 11.8 Å². The number of carbonyl (C=O) groups excluding carboxylic acids is 2. The standard InChI is InChI=1S/C21H25N3O5/c1-27-18-7-6-15(14-19(18)28-2)8-9-22-20(25)16-4-3-5-17(23-16)21(26)24-10-12-29-13-11-24/h3-7,14H,8-13H2,1-2H3,(H,22,25). The second-order valence-electron chi connectivity index (χ2n) is 6.51. The van der Waals surface area contributed by atoms with Crippen LogP contribution in [0.15, 0.2) is 36.4 Å². The first-order valence-corrected chi connectivity index (χ1v) is 9.45. The second-order valence-corrected chi connectivity index (χ2v) is 6.51. The number of hydrogen-bond acceptors (Lipinski definition) is 6. The molecular weight excluding hydrogens is 374 g/mol. The molecule has 0 radical (unpaired) electrons. The van der Waals surface area contributed by atoms with Crippen molar-refractivity contribution in [3.8, 4) is 11.5 Å². The van der Waals surface area contributed by atoms with E-state index in [1.165, 1.54) is 0 Å². The van der Waals surface area contributed by atoms with Crippen LogP contribution in [0, 0.1) is 0 Å². The van der Waals surface area contributed by atoms with Crippen LogP contribution in [-0.4, -0.2) is 68.8 Å². The van der Waals surface area contributed by atoms with Gasteiger partial charge < -0.3 is 24.4 Å². The van der Waals surface area contributed by atoms with E-state index in [2.05, 4.69) is 10.3 Å². The summed E-state index contributed by atoms with van der Waals surface area (Å²) in [6, 6.07) is 10.5. The third-order valence-electron chi connectivity index (χ3n) is 4.65. The van der Waals surface area contributed by atoms with Crippen molar-refractivity contribution in [2.75, 3.05) is 47.1 Å². The first-order chi connectivity index (χ1) is 14.1. The summed E-state index contributed by atoms with van der Waals surface area (Å²) in [5.74, 6) is 0.800. The van der Waals surface area contributed by atoms with Crippen LogP contribution in [0.4, 0.5) is 0 Å². The molecule has 1 aliphatic rings. The number of pyridine rings is 1. The number of amides is 2. The van der Waals surface area contributed by atoms with Gasteiger partial charge in [0.1, 0.15) is 11.4 Å². The van der Waals surface area contributed by atoms with Crippen molar-refractivity contribution in [3.05, 3.63) is 53.3 Å². The molecule has 0 unspecified atom stereocenters. The molecule has 1 N–H and O–H groups in total. The summed E-state index contributed by atoms with van der Waals surface area (Å²) < 4.78 is 15.8. The van der Waals surface area contributed by atoms with Crippen LogP contribution in [0.3, 0.4) is 0 Å². The van der Waals surface area contributed by atoms with Crippen molar-refractivity contribution in [1.82, 2.24) is 15.2 Å². The zero-order valence-electron chi connectivity index (χ0n) is 16.6. The lowest BCUT2D eigenvalue weighted by Gasteiger charge is -2.26. The van der Waals surface area contributed by atoms with Crippen molar-refractivity contribution < 1.29 is 23.8 Å². The summed E-state index contributed by atoms with van der Waals surface area (Å²) in [5, 5.41) is 2.84. The average molecular weight is 399 g/mol. The minimum absolute atomic E-state index is 0.187. The van der Waals surface area contributed by atoms with Gasteiger partial charge in [-0.15, -0.1) is 0 Å². The first kappa shape index (κ1) is 20.6. The molecule has 0 aliphatic carbocycles. The molecule has 8 heteroatoms. The number of morpholine rings is 1. The molecule has 8 nitrogen and oxygen atoms in total. The quantitative estimate of drug-likeness (QED) is 0.760. The van der Waals surface area contributed by atoms with Crippen molar-refractivity contribution in [3.63, 3.8) is 0 Å². The molecule has 154 valence electrons. The summed E-state index contributed by atoms with van der Waals surface area (Å²) in [6.07, 6.45) is 0.624. The van der Waals surface area contributed by atoms with Crippen LogP contribution >= 0.6 is 0 Å². The van der Waals surface area contributed by atoms with Crippen LogP contribution in [-0.2, 0) is 11.2 Å². The summed E-state index contributed by atoms with van der Waals surface area (Å²) in [6.45, 7) is 2.52. The maximum absolute atomic E-state index is 12.5. The van der Waals surface area contributed by atoms with Gasteiger partial charge in [-0.2, -0.15) is 0 Å². The van der Waals surface area contributed by atoms with Gasteiger partial charge in [-0.3, -0.25) is 9.59 Å². The fourth-order valence-corrected chi connectivity index (χ4v) is 3.06. The third-order valence-corrected chi connectivity index (χ3v) is 4.65. The van der Waals surface area contributed by atoms with Crippen molar-refractivity contribution in [2.45, 2.75) is 6.42 Å². The van der Waals surface area contributed by atoms with Crippen molar-refractivity contribution >= 4 is 11.8 Å². The highest BCUT2D eigenvalue weighted by Gasteiger charge is 2.20. The van der Waals surface area contributed by atoms with Crippen LogP contribution in [0.5, 0.6) is 11.5 Å². The smallest absolute Gasteiger partial charge is 0.272 e. The van der Waals surface area contributed by atoms with E-state index < -0.39 is 0 Å². The fourth-order valence-electron chi connectivity index (χ4n) is 3.06. The van der Waals surface area contributed by atoms with Gasteiger partial charge >= 0.3 is 0 Å². The maximum Gasteiger partial charge on any atom is 0.272 e. The topological polar surface area (TPSA) is 90.0 Å². The van der Waals surface area contributed by atoms with Gasteiger partial charge in [-0.25, -0.2) is 4.98 Å². The molecule has 1 aromatic heterocycles. The Balaban J connectivity index is 1.57. The number of methoxy groups -OCH3 is 2. The first-order valence-electron chi connectivity index (χ1n) is 9.45. The zero-order valence-corrected chi connectivity index (χ0v) is 16.6. The molecule has 1 aliphatic heterocycles. The summed E-state index contributed by atoms with van der Waals surface area (Å²) in [4.78, 5) is 30.9. The number of benzene rings is 1. The number of ether oxygens (including phenoxy) is 3. The molecule has 2 aromatic rings. The molecule has 29 heavy (non-hydrogen) atoms. The highest BCUT2D eigenvalue weighted by atomic mass is 16.5. The lowest BCUT2D eigenvalue weighted by atomic mass is 10.1. The van der Waals surface area contributed by atoms with Gasteiger partial charge in [0.15, 0.2) is 11.5 Å².